The lowest BCUT2D eigenvalue weighted by Crippen LogP contribution is -2.25. The third-order valence-electron chi connectivity index (χ3n) is 3.39. The van der Waals surface area contributed by atoms with Gasteiger partial charge in [-0.15, -0.1) is 0 Å². The molecule has 2 aromatic rings. The number of carboxylic acid groups (broad SMARTS) is 1. The van der Waals surface area contributed by atoms with Crippen LogP contribution in [0.25, 0.3) is 10.2 Å². The Kier molecular flexibility index (Phi) is 3.15. The summed E-state index contributed by atoms with van der Waals surface area (Å²) in [4.78, 5) is 28.9. The van der Waals surface area contributed by atoms with Crippen LogP contribution in [-0.4, -0.2) is 35.1 Å². The summed E-state index contributed by atoms with van der Waals surface area (Å²) in [6.07, 6.45) is 0.451. The van der Waals surface area contributed by atoms with E-state index in [2.05, 4.69) is 4.98 Å². The molecule has 1 aromatic heterocycles. The zero-order valence-electron chi connectivity index (χ0n) is 10.6. The molecular weight excluding hydrogens is 278 g/mol. The summed E-state index contributed by atoms with van der Waals surface area (Å²) in [5.41, 5.74) is 6.53. The largest absolute Gasteiger partial charge is 0.478 e. The summed E-state index contributed by atoms with van der Waals surface area (Å²) in [5.74, 6) is -0.774. The average molecular weight is 291 g/mol. The number of nitrogens with two attached hydrogens (primary N) is 1. The van der Waals surface area contributed by atoms with Gasteiger partial charge in [0, 0.05) is 13.0 Å². The van der Waals surface area contributed by atoms with Gasteiger partial charge in [-0.05, 0) is 30.7 Å². The van der Waals surface area contributed by atoms with Crippen LogP contribution in [0.15, 0.2) is 18.2 Å². The number of benzene rings is 1. The predicted molar refractivity (Wildman–Crippen MR) is 76.1 cm³/mol. The fourth-order valence-electron chi connectivity index (χ4n) is 2.29. The Morgan fingerprint density at radius 2 is 2.35 bits per heavy atom. The molecule has 3 N–H and O–H groups in total. The molecule has 7 heteroatoms. The van der Waals surface area contributed by atoms with Gasteiger partial charge in [-0.25, -0.2) is 9.78 Å². The van der Waals surface area contributed by atoms with Crippen molar-refractivity contribution in [1.82, 2.24) is 4.98 Å². The second kappa shape index (κ2) is 4.84. The number of carbonyl (C=O) groups excluding carboxylic acids is 1. The van der Waals surface area contributed by atoms with Crippen LogP contribution in [0.5, 0.6) is 0 Å². The summed E-state index contributed by atoms with van der Waals surface area (Å²) in [6, 6.07) is 4.77. The number of aromatic carboxylic acids is 1. The maximum Gasteiger partial charge on any atom is 0.335 e. The van der Waals surface area contributed by atoms with Crippen LogP contribution < -0.4 is 10.6 Å². The summed E-state index contributed by atoms with van der Waals surface area (Å²) < 4.78 is 0.767. The Morgan fingerprint density at radius 3 is 3.00 bits per heavy atom. The predicted octanol–water partition coefficient (Wildman–Crippen LogP) is 1.31. The van der Waals surface area contributed by atoms with E-state index in [0.29, 0.717) is 30.2 Å². The van der Waals surface area contributed by atoms with E-state index in [1.54, 1.807) is 17.0 Å². The molecule has 1 amide bonds. The van der Waals surface area contributed by atoms with Crippen molar-refractivity contribution in [1.29, 1.82) is 0 Å². The zero-order chi connectivity index (χ0) is 14.3. The number of amides is 1. The number of hydrogen-bond acceptors (Lipinski definition) is 5. The molecule has 0 spiro atoms. The number of nitrogens with zero attached hydrogens (tertiary/aromatic N) is 2. The van der Waals surface area contributed by atoms with Crippen molar-refractivity contribution in [2.75, 3.05) is 18.0 Å². The number of carbonyl (C=O) groups is 2. The van der Waals surface area contributed by atoms with Crippen LogP contribution in [0.1, 0.15) is 16.8 Å². The number of aromatic nitrogens is 1. The second-order valence-corrected chi connectivity index (χ2v) is 5.80. The molecule has 0 radical (unpaired) electrons. The Hall–Kier alpha value is -1.99. The van der Waals surface area contributed by atoms with Crippen molar-refractivity contribution in [2.45, 2.75) is 6.42 Å². The number of fused-ring (bicyclic) bond motifs is 1. The smallest absolute Gasteiger partial charge is 0.335 e. The molecular formula is C13H13N3O3S. The van der Waals surface area contributed by atoms with Crippen LogP contribution in [-0.2, 0) is 4.79 Å². The van der Waals surface area contributed by atoms with Gasteiger partial charge in [0.1, 0.15) is 0 Å². The molecule has 104 valence electrons. The van der Waals surface area contributed by atoms with Crippen molar-refractivity contribution in [3.8, 4) is 0 Å². The molecule has 1 aliphatic rings. The van der Waals surface area contributed by atoms with Gasteiger partial charge in [-0.3, -0.25) is 9.69 Å². The number of anilines is 1. The van der Waals surface area contributed by atoms with Crippen LogP contribution in [0.2, 0.25) is 0 Å². The molecule has 1 atom stereocenters. The first-order chi connectivity index (χ1) is 9.58. The SMILES string of the molecule is NCC1CC(=O)N(c2nc3ccc(C(=O)O)cc3s2)C1. The lowest BCUT2D eigenvalue weighted by Gasteiger charge is -2.11. The van der Waals surface area contributed by atoms with E-state index in [0.717, 1.165) is 4.70 Å². The van der Waals surface area contributed by atoms with E-state index in [9.17, 15) is 9.59 Å². The van der Waals surface area contributed by atoms with Crippen molar-refractivity contribution in [2.24, 2.45) is 11.7 Å². The van der Waals surface area contributed by atoms with Crippen molar-refractivity contribution < 1.29 is 14.7 Å². The highest BCUT2D eigenvalue weighted by atomic mass is 32.1. The monoisotopic (exact) mass is 291 g/mol. The first-order valence-electron chi connectivity index (χ1n) is 6.23. The molecule has 1 unspecified atom stereocenters. The van der Waals surface area contributed by atoms with E-state index < -0.39 is 5.97 Å². The molecule has 0 aliphatic carbocycles. The lowest BCUT2D eigenvalue weighted by atomic mass is 10.1. The van der Waals surface area contributed by atoms with E-state index >= 15 is 0 Å². The molecule has 20 heavy (non-hydrogen) atoms. The second-order valence-electron chi connectivity index (χ2n) is 4.79. The Morgan fingerprint density at radius 1 is 1.55 bits per heavy atom. The van der Waals surface area contributed by atoms with Gasteiger partial charge < -0.3 is 10.8 Å². The fourth-order valence-corrected chi connectivity index (χ4v) is 3.32. The van der Waals surface area contributed by atoms with Gasteiger partial charge in [0.2, 0.25) is 5.91 Å². The fraction of sp³-hybridized carbons (Fsp3) is 0.308. The molecule has 6 nitrogen and oxygen atoms in total. The van der Waals surface area contributed by atoms with Gasteiger partial charge in [-0.2, -0.15) is 0 Å². The number of thiazole rings is 1. The first kappa shape index (κ1) is 13.0. The maximum absolute atomic E-state index is 11.9. The summed E-state index contributed by atoms with van der Waals surface area (Å²) in [6.45, 7) is 1.07. The van der Waals surface area contributed by atoms with E-state index in [1.807, 2.05) is 0 Å². The maximum atomic E-state index is 11.9. The van der Waals surface area contributed by atoms with Crippen molar-refractivity contribution in [3.63, 3.8) is 0 Å². The molecule has 2 heterocycles. The number of rotatable bonds is 3. The highest BCUT2D eigenvalue weighted by molar-refractivity contribution is 7.22. The zero-order valence-corrected chi connectivity index (χ0v) is 11.4. The van der Waals surface area contributed by atoms with Crippen molar-refractivity contribution >= 4 is 38.6 Å². The quantitative estimate of drug-likeness (QED) is 0.888. The van der Waals surface area contributed by atoms with Gasteiger partial charge in [0.15, 0.2) is 5.13 Å². The third kappa shape index (κ3) is 2.14. The standard InChI is InChI=1S/C13H13N3O3S/c14-5-7-3-11(17)16(6-7)13-15-9-2-1-8(12(18)19)4-10(9)20-13/h1-2,4,7H,3,5-6,14H2,(H,18,19). The van der Waals surface area contributed by atoms with E-state index in [1.165, 1.54) is 17.4 Å². The van der Waals surface area contributed by atoms with Crippen LogP contribution in [0, 0.1) is 5.92 Å². The topological polar surface area (TPSA) is 96.5 Å². The van der Waals surface area contributed by atoms with Crippen LogP contribution in [0.3, 0.4) is 0 Å². The van der Waals surface area contributed by atoms with Gasteiger partial charge in [-0.1, -0.05) is 11.3 Å². The van der Waals surface area contributed by atoms with E-state index in [4.69, 9.17) is 10.8 Å². The molecule has 1 saturated heterocycles. The Labute approximate surface area is 118 Å². The molecule has 1 aliphatic heterocycles. The minimum absolute atomic E-state index is 0.0259. The molecule has 0 saturated carbocycles. The van der Waals surface area contributed by atoms with E-state index in [-0.39, 0.29) is 17.4 Å². The number of hydrogen-bond donors (Lipinski definition) is 2. The minimum atomic E-state index is -0.970. The summed E-state index contributed by atoms with van der Waals surface area (Å²) >= 11 is 1.33. The molecule has 0 bridgehead atoms. The first-order valence-corrected chi connectivity index (χ1v) is 7.04. The summed E-state index contributed by atoms with van der Waals surface area (Å²) in [7, 11) is 0. The normalized spacial score (nSPS) is 18.9. The minimum Gasteiger partial charge on any atom is -0.478 e. The van der Waals surface area contributed by atoms with Crippen LogP contribution >= 0.6 is 11.3 Å². The average Bonchev–Trinajstić information content (AvgIpc) is 3.00. The number of carboxylic acids is 1. The molecule has 3 rings (SSSR count). The summed E-state index contributed by atoms with van der Waals surface area (Å²) in [5, 5.41) is 9.59. The third-order valence-corrected chi connectivity index (χ3v) is 4.43. The highest BCUT2D eigenvalue weighted by Crippen LogP contribution is 2.33. The molecule has 1 fully saturated rings. The lowest BCUT2D eigenvalue weighted by molar-refractivity contribution is -0.117. The Bertz CT molecular complexity index is 697. The van der Waals surface area contributed by atoms with Gasteiger partial charge in [0.05, 0.1) is 15.8 Å². The van der Waals surface area contributed by atoms with Gasteiger partial charge >= 0.3 is 5.97 Å². The van der Waals surface area contributed by atoms with Gasteiger partial charge in [0.25, 0.3) is 0 Å². The molecule has 1 aromatic carbocycles. The van der Waals surface area contributed by atoms with Crippen molar-refractivity contribution in [3.05, 3.63) is 23.8 Å². The highest BCUT2D eigenvalue weighted by Gasteiger charge is 2.31. The Balaban J connectivity index is 1.97. The van der Waals surface area contributed by atoms with Crippen LogP contribution in [0.4, 0.5) is 5.13 Å².